The van der Waals surface area contributed by atoms with Gasteiger partial charge in [0.25, 0.3) is 5.91 Å². The van der Waals surface area contributed by atoms with Gasteiger partial charge in [0.05, 0.1) is 11.0 Å². The first-order valence-corrected chi connectivity index (χ1v) is 8.84. The Bertz CT molecular complexity index is 863. The fourth-order valence-electron chi connectivity index (χ4n) is 3.36. The monoisotopic (exact) mass is 334 g/mol. The summed E-state index contributed by atoms with van der Waals surface area (Å²) in [4.78, 5) is 19.3. The lowest BCUT2D eigenvalue weighted by Gasteiger charge is -2.26. The summed E-state index contributed by atoms with van der Waals surface area (Å²) >= 11 is 0. The number of likely N-dealkylation sites (tertiary alicyclic amines) is 1. The minimum absolute atomic E-state index is 0.132. The number of nitrogens with zero attached hydrogens (tertiary/aromatic N) is 3. The highest BCUT2D eigenvalue weighted by Crippen LogP contribution is 2.14. The van der Waals surface area contributed by atoms with Crippen molar-refractivity contribution in [3.63, 3.8) is 0 Å². The molecule has 25 heavy (non-hydrogen) atoms. The topological polar surface area (TPSA) is 50.2 Å². The maximum Gasteiger partial charge on any atom is 0.270 e. The summed E-state index contributed by atoms with van der Waals surface area (Å²) in [5.74, 6) is -0.132. The quantitative estimate of drug-likeness (QED) is 0.795. The van der Waals surface area contributed by atoms with Gasteiger partial charge in [-0.3, -0.25) is 15.1 Å². The summed E-state index contributed by atoms with van der Waals surface area (Å²) in [6, 6.07) is 15.6. The Kier molecular flexibility index (Phi) is 4.48. The van der Waals surface area contributed by atoms with Gasteiger partial charge in [-0.05, 0) is 55.8 Å². The van der Waals surface area contributed by atoms with E-state index in [1.165, 1.54) is 37.9 Å². The van der Waals surface area contributed by atoms with Gasteiger partial charge >= 0.3 is 0 Å². The first-order chi connectivity index (χ1) is 12.3. The molecule has 0 radical (unpaired) electrons. The maximum atomic E-state index is 12.5. The van der Waals surface area contributed by atoms with Crippen LogP contribution < -0.4 is 5.43 Å². The van der Waals surface area contributed by atoms with Gasteiger partial charge in [-0.1, -0.05) is 30.7 Å². The van der Waals surface area contributed by atoms with Crippen LogP contribution in [0.2, 0.25) is 0 Å². The van der Waals surface area contributed by atoms with Crippen molar-refractivity contribution < 1.29 is 4.79 Å². The van der Waals surface area contributed by atoms with Crippen LogP contribution in [0.25, 0.3) is 11.0 Å². The van der Waals surface area contributed by atoms with Crippen LogP contribution in [0.15, 0.2) is 54.9 Å². The van der Waals surface area contributed by atoms with E-state index in [1.807, 2.05) is 36.4 Å². The average molecular weight is 334 g/mol. The minimum atomic E-state index is -0.132. The molecule has 1 aromatic heterocycles. The van der Waals surface area contributed by atoms with E-state index < -0.39 is 0 Å². The summed E-state index contributed by atoms with van der Waals surface area (Å²) in [6.45, 7) is 3.32. The van der Waals surface area contributed by atoms with Gasteiger partial charge in [-0.15, -0.1) is 0 Å². The van der Waals surface area contributed by atoms with Gasteiger partial charge in [0, 0.05) is 12.1 Å². The van der Waals surface area contributed by atoms with Crippen molar-refractivity contribution >= 4 is 16.9 Å². The summed E-state index contributed by atoms with van der Waals surface area (Å²) in [7, 11) is 0. The number of piperidine rings is 1. The highest BCUT2D eigenvalue weighted by atomic mass is 16.2. The number of carbonyl (C=O) groups excluding carboxylic acids is 1. The number of aromatic nitrogens is 2. The number of benzene rings is 2. The predicted molar refractivity (Wildman–Crippen MR) is 99.0 cm³/mol. The molecule has 0 unspecified atom stereocenters. The lowest BCUT2D eigenvalue weighted by molar-refractivity contribution is 0.101. The number of rotatable bonds is 4. The Morgan fingerprint density at radius 3 is 2.56 bits per heavy atom. The van der Waals surface area contributed by atoms with Gasteiger partial charge in [0.1, 0.15) is 6.33 Å². The van der Waals surface area contributed by atoms with E-state index >= 15 is 0 Å². The first kappa shape index (κ1) is 15.8. The van der Waals surface area contributed by atoms with Gasteiger partial charge in [0.15, 0.2) is 0 Å². The normalized spacial score (nSPS) is 15.4. The molecule has 1 saturated heterocycles. The number of nitrogens with one attached hydrogen (secondary N) is 1. The van der Waals surface area contributed by atoms with E-state index in [-0.39, 0.29) is 5.91 Å². The van der Waals surface area contributed by atoms with Crippen molar-refractivity contribution in [1.29, 1.82) is 0 Å². The molecule has 128 valence electrons. The van der Waals surface area contributed by atoms with Gasteiger partial charge < -0.3 is 0 Å². The molecule has 0 aliphatic carbocycles. The highest BCUT2D eigenvalue weighted by Gasteiger charge is 2.12. The number of fused-ring (bicyclic) bond motifs is 1. The zero-order valence-corrected chi connectivity index (χ0v) is 14.2. The zero-order valence-electron chi connectivity index (χ0n) is 14.2. The molecule has 4 rings (SSSR count). The number of para-hydroxylation sites is 2. The molecular weight excluding hydrogens is 312 g/mol. The molecule has 1 aliphatic rings. The molecular formula is C20H22N4O. The second-order valence-electron chi connectivity index (χ2n) is 6.58. The largest absolute Gasteiger partial charge is 0.299 e. The Balaban J connectivity index is 1.43. The van der Waals surface area contributed by atoms with Gasteiger partial charge in [0.2, 0.25) is 0 Å². The molecule has 0 atom stereocenters. The van der Waals surface area contributed by atoms with Crippen LogP contribution in [0.4, 0.5) is 0 Å². The van der Waals surface area contributed by atoms with E-state index in [9.17, 15) is 4.79 Å². The van der Waals surface area contributed by atoms with Crippen molar-refractivity contribution in [1.82, 2.24) is 14.6 Å². The molecule has 0 bridgehead atoms. The second kappa shape index (κ2) is 7.07. The van der Waals surface area contributed by atoms with Crippen LogP contribution in [-0.4, -0.2) is 33.6 Å². The van der Waals surface area contributed by atoms with Crippen LogP contribution in [0.1, 0.15) is 35.2 Å². The van der Waals surface area contributed by atoms with Crippen molar-refractivity contribution in [3.05, 3.63) is 66.0 Å². The lowest BCUT2D eigenvalue weighted by atomic mass is 10.1. The second-order valence-corrected chi connectivity index (χ2v) is 6.58. The van der Waals surface area contributed by atoms with Crippen LogP contribution in [0.5, 0.6) is 0 Å². The van der Waals surface area contributed by atoms with E-state index in [0.29, 0.717) is 5.56 Å². The van der Waals surface area contributed by atoms with Crippen LogP contribution >= 0.6 is 0 Å². The summed E-state index contributed by atoms with van der Waals surface area (Å²) in [6.07, 6.45) is 5.56. The molecule has 1 amide bonds. The Labute approximate surface area is 147 Å². The highest BCUT2D eigenvalue weighted by molar-refractivity contribution is 6.00. The third-order valence-corrected chi connectivity index (χ3v) is 4.75. The van der Waals surface area contributed by atoms with Crippen molar-refractivity contribution in [2.45, 2.75) is 25.8 Å². The van der Waals surface area contributed by atoms with E-state index in [2.05, 4.69) is 27.4 Å². The molecule has 0 saturated carbocycles. The zero-order chi connectivity index (χ0) is 17.1. The van der Waals surface area contributed by atoms with Crippen LogP contribution in [0, 0.1) is 0 Å². The maximum absolute atomic E-state index is 12.5. The molecule has 5 nitrogen and oxygen atoms in total. The molecule has 3 aromatic rings. The molecule has 1 aliphatic heterocycles. The Hall–Kier alpha value is -2.66. The van der Waals surface area contributed by atoms with Crippen molar-refractivity contribution in [3.8, 4) is 0 Å². The van der Waals surface area contributed by atoms with Crippen molar-refractivity contribution in [2.75, 3.05) is 18.5 Å². The number of hydrogen-bond donors (Lipinski definition) is 1. The fraction of sp³-hybridized carbons (Fsp3) is 0.300. The number of carbonyl (C=O) groups is 1. The number of amides is 1. The van der Waals surface area contributed by atoms with E-state index in [4.69, 9.17) is 0 Å². The summed E-state index contributed by atoms with van der Waals surface area (Å²) < 4.78 is 1.67. The molecule has 1 fully saturated rings. The summed E-state index contributed by atoms with van der Waals surface area (Å²) in [5.41, 5.74) is 6.54. The average Bonchev–Trinajstić information content (AvgIpc) is 3.06. The molecule has 0 spiro atoms. The predicted octanol–water partition coefficient (Wildman–Crippen LogP) is 3.41. The van der Waals surface area contributed by atoms with Gasteiger partial charge in [-0.2, -0.15) is 0 Å². The Morgan fingerprint density at radius 2 is 1.76 bits per heavy atom. The Morgan fingerprint density at radius 1 is 1.00 bits per heavy atom. The minimum Gasteiger partial charge on any atom is -0.299 e. The smallest absolute Gasteiger partial charge is 0.270 e. The van der Waals surface area contributed by atoms with Gasteiger partial charge in [-0.25, -0.2) is 9.66 Å². The van der Waals surface area contributed by atoms with Crippen LogP contribution in [0.3, 0.4) is 0 Å². The van der Waals surface area contributed by atoms with Crippen molar-refractivity contribution in [2.24, 2.45) is 0 Å². The number of imidazole rings is 1. The van der Waals surface area contributed by atoms with E-state index in [0.717, 1.165) is 17.6 Å². The molecule has 2 aromatic carbocycles. The third kappa shape index (κ3) is 3.56. The van der Waals surface area contributed by atoms with E-state index in [1.54, 1.807) is 11.0 Å². The third-order valence-electron chi connectivity index (χ3n) is 4.75. The standard InChI is InChI=1S/C20H22N4O/c25-20(22-24-15-21-18-6-2-3-7-19(18)24)17-10-8-16(9-11-17)14-23-12-4-1-5-13-23/h2-3,6-11,15H,1,4-5,12-14H2,(H,22,25). The van der Waals surface area contributed by atoms with Crippen LogP contribution in [-0.2, 0) is 6.54 Å². The fourth-order valence-corrected chi connectivity index (χ4v) is 3.36. The number of hydrogen-bond acceptors (Lipinski definition) is 3. The lowest BCUT2D eigenvalue weighted by Crippen LogP contribution is -2.29. The summed E-state index contributed by atoms with van der Waals surface area (Å²) in [5, 5.41) is 0. The SMILES string of the molecule is O=C(Nn1cnc2ccccc21)c1ccc(CN2CCCCC2)cc1. The molecule has 1 N–H and O–H groups in total. The molecule has 2 heterocycles. The molecule has 5 heteroatoms. The first-order valence-electron chi connectivity index (χ1n) is 8.84.